The van der Waals surface area contributed by atoms with Crippen LogP contribution in [0.1, 0.15) is 18.9 Å². The zero-order chi connectivity index (χ0) is 13.2. The lowest BCUT2D eigenvalue weighted by Crippen LogP contribution is -2.14. The first-order chi connectivity index (χ1) is 8.76. The van der Waals surface area contributed by atoms with Gasteiger partial charge in [-0.25, -0.2) is 0 Å². The normalized spacial score (nSPS) is 11.5. The fourth-order valence-corrected chi connectivity index (χ4v) is 1.41. The Kier molecular flexibility index (Phi) is 6.64. The van der Waals surface area contributed by atoms with Gasteiger partial charge in [0, 0.05) is 13.0 Å². The summed E-state index contributed by atoms with van der Waals surface area (Å²) in [7, 11) is 0. The molecule has 5 heteroatoms. The Morgan fingerprint density at radius 2 is 1.94 bits per heavy atom. The van der Waals surface area contributed by atoms with Crippen molar-refractivity contribution in [1.82, 2.24) is 0 Å². The molecular formula is C13H20N2O3. The van der Waals surface area contributed by atoms with Crippen LogP contribution in [0.2, 0.25) is 0 Å². The van der Waals surface area contributed by atoms with Crippen LogP contribution in [0.3, 0.4) is 0 Å². The highest BCUT2D eigenvalue weighted by molar-refractivity contribution is 5.81. The summed E-state index contributed by atoms with van der Waals surface area (Å²) in [4.78, 5) is 0. The van der Waals surface area contributed by atoms with Crippen LogP contribution in [0.25, 0.3) is 0 Å². The van der Waals surface area contributed by atoms with E-state index < -0.39 is 0 Å². The first-order valence-electron chi connectivity index (χ1n) is 6.02. The van der Waals surface area contributed by atoms with Crippen molar-refractivity contribution < 1.29 is 14.7 Å². The van der Waals surface area contributed by atoms with Crippen LogP contribution in [-0.2, 0) is 11.2 Å². The summed E-state index contributed by atoms with van der Waals surface area (Å²) in [6, 6.07) is 7.50. The molecule has 0 atom stereocenters. The van der Waals surface area contributed by atoms with Crippen molar-refractivity contribution in [2.45, 2.75) is 19.8 Å². The Labute approximate surface area is 107 Å². The summed E-state index contributed by atoms with van der Waals surface area (Å²) < 4.78 is 10.8. The molecule has 0 saturated heterocycles. The summed E-state index contributed by atoms with van der Waals surface area (Å²) in [6.45, 7) is 3.97. The molecule has 5 nitrogen and oxygen atoms in total. The van der Waals surface area contributed by atoms with Crippen molar-refractivity contribution in [3.8, 4) is 5.75 Å². The summed E-state index contributed by atoms with van der Waals surface area (Å²) in [5.74, 6) is 0.981. The molecule has 100 valence electrons. The molecule has 0 bridgehead atoms. The predicted octanol–water partition coefficient (Wildman–Crippen LogP) is 1.78. The number of benzene rings is 1. The van der Waals surface area contributed by atoms with E-state index in [-0.39, 0.29) is 5.84 Å². The predicted molar refractivity (Wildman–Crippen MR) is 70.2 cm³/mol. The molecule has 0 heterocycles. The van der Waals surface area contributed by atoms with Crippen LogP contribution in [-0.4, -0.2) is 30.9 Å². The van der Waals surface area contributed by atoms with E-state index in [9.17, 15) is 0 Å². The Morgan fingerprint density at radius 1 is 1.22 bits per heavy atom. The van der Waals surface area contributed by atoms with Gasteiger partial charge in [-0.2, -0.15) is 0 Å². The highest BCUT2D eigenvalue weighted by Crippen LogP contribution is 2.12. The highest BCUT2D eigenvalue weighted by Gasteiger charge is 1.99. The fraction of sp³-hybridized carbons (Fsp3) is 0.462. The summed E-state index contributed by atoms with van der Waals surface area (Å²) in [5, 5.41) is 11.4. The molecule has 1 rings (SSSR count). The number of oxime groups is 1. The maximum atomic E-state index is 8.46. The summed E-state index contributed by atoms with van der Waals surface area (Å²) in [6.07, 6.45) is 1.44. The third kappa shape index (κ3) is 5.54. The van der Waals surface area contributed by atoms with E-state index in [1.807, 2.05) is 24.3 Å². The molecule has 0 aliphatic rings. The molecular weight excluding hydrogens is 232 g/mol. The molecule has 0 saturated carbocycles. The van der Waals surface area contributed by atoms with E-state index in [1.54, 1.807) is 0 Å². The molecule has 1 aromatic rings. The van der Waals surface area contributed by atoms with Gasteiger partial charge >= 0.3 is 0 Å². The molecule has 0 unspecified atom stereocenters. The van der Waals surface area contributed by atoms with Gasteiger partial charge in [0.2, 0.25) is 0 Å². The number of hydrogen-bond donors (Lipinski definition) is 2. The number of hydrogen-bond acceptors (Lipinski definition) is 4. The van der Waals surface area contributed by atoms with Gasteiger partial charge in [-0.3, -0.25) is 0 Å². The number of ether oxygens (including phenoxy) is 2. The van der Waals surface area contributed by atoms with Crippen molar-refractivity contribution in [1.29, 1.82) is 0 Å². The lowest BCUT2D eigenvalue weighted by Gasteiger charge is -2.07. The van der Waals surface area contributed by atoms with Crippen LogP contribution in [0.15, 0.2) is 29.4 Å². The summed E-state index contributed by atoms with van der Waals surface area (Å²) in [5.41, 5.74) is 6.39. The molecule has 18 heavy (non-hydrogen) atoms. The molecule has 0 spiro atoms. The van der Waals surface area contributed by atoms with Crippen molar-refractivity contribution in [3.05, 3.63) is 29.8 Å². The minimum absolute atomic E-state index is 0.191. The Hall–Kier alpha value is -1.75. The minimum Gasteiger partial charge on any atom is -0.491 e. The van der Waals surface area contributed by atoms with Crippen molar-refractivity contribution in [2.75, 3.05) is 19.8 Å². The van der Waals surface area contributed by atoms with Gasteiger partial charge in [0.25, 0.3) is 0 Å². The number of rotatable bonds is 8. The Bertz CT molecular complexity index is 363. The van der Waals surface area contributed by atoms with Crippen molar-refractivity contribution in [2.24, 2.45) is 10.9 Å². The molecule has 1 aromatic carbocycles. The SMILES string of the molecule is CCCOCCOc1ccc(C/C(N)=N/O)cc1. The van der Waals surface area contributed by atoms with Gasteiger partial charge in [0.1, 0.15) is 18.2 Å². The van der Waals surface area contributed by atoms with E-state index in [0.717, 1.165) is 24.3 Å². The van der Waals surface area contributed by atoms with E-state index in [2.05, 4.69) is 12.1 Å². The Balaban J connectivity index is 2.31. The number of nitrogens with two attached hydrogens (primary N) is 1. The van der Waals surface area contributed by atoms with Gasteiger partial charge in [0.05, 0.1) is 6.61 Å². The molecule has 0 fully saturated rings. The van der Waals surface area contributed by atoms with Gasteiger partial charge in [-0.15, -0.1) is 0 Å². The molecule has 0 radical (unpaired) electrons. The van der Waals surface area contributed by atoms with Crippen LogP contribution in [0.5, 0.6) is 5.75 Å². The Morgan fingerprint density at radius 3 is 2.56 bits per heavy atom. The highest BCUT2D eigenvalue weighted by atomic mass is 16.5. The quantitative estimate of drug-likeness (QED) is 0.243. The van der Waals surface area contributed by atoms with E-state index >= 15 is 0 Å². The second kappa shape index (κ2) is 8.36. The topological polar surface area (TPSA) is 77.1 Å². The first-order valence-corrected chi connectivity index (χ1v) is 6.02. The van der Waals surface area contributed by atoms with Crippen LogP contribution < -0.4 is 10.5 Å². The number of amidine groups is 1. The lowest BCUT2D eigenvalue weighted by atomic mass is 10.1. The molecule has 0 aliphatic heterocycles. The van der Waals surface area contributed by atoms with Crippen molar-refractivity contribution in [3.63, 3.8) is 0 Å². The third-order valence-electron chi connectivity index (χ3n) is 2.28. The van der Waals surface area contributed by atoms with Gasteiger partial charge < -0.3 is 20.4 Å². The largest absolute Gasteiger partial charge is 0.491 e. The smallest absolute Gasteiger partial charge is 0.143 e. The average Bonchev–Trinajstić information content (AvgIpc) is 2.40. The number of nitrogens with zero attached hydrogens (tertiary/aromatic N) is 1. The first kappa shape index (κ1) is 14.3. The van der Waals surface area contributed by atoms with Crippen LogP contribution >= 0.6 is 0 Å². The average molecular weight is 252 g/mol. The van der Waals surface area contributed by atoms with Gasteiger partial charge in [-0.1, -0.05) is 24.2 Å². The maximum absolute atomic E-state index is 8.46. The molecule has 0 amide bonds. The van der Waals surface area contributed by atoms with Gasteiger partial charge in [0.15, 0.2) is 0 Å². The molecule has 3 N–H and O–H groups in total. The molecule has 0 aliphatic carbocycles. The van der Waals surface area contributed by atoms with Crippen molar-refractivity contribution >= 4 is 5.84 Å². The lowest BCUT2D eigenvalue weighted by molar-refractivity contribution is 0.101. The van der Waals surface area contributed by atoms with E-state index in [1.165, 1.54) is 0 Å². The third-order valence-corrected chi connectivity index (χ3v) is 2.28. The monoisotopic (exact) mass is 252 g/mol. The second-order valence-electron chi connectivity index (χ2n) is 3.87. The molecule has 0 aromatic heterocycles. The van der Waals surface area contributed by atoms with Crippen LogP contribution in [0.4, 0.5) is 0 Å². The standard InChI is InChI=1S/C13H20N2O3/c1-2-7-17-8-9-18-12-5-3-11(4-6-12)10-13(14)15-16/h3-6,16H,2,7-10H2,1H3,(H2,14,15). The second-order valence-corrected chi connectivity index (χ2v) is 3.87. The van der Waals surface area contributed by atoms with Gasteiger partial charge in [-0.05, 0) is 24.1 Å². The zero-order valence-electron chi connectivity index (χ0n) is 10.6. The van der Waals surface area contributed by atoms with E-state index in [4.69, 9.17) is 20.4 Å². The van der Waals surface area contributed by atoms with Crippen LogP contribution in [0, 0.1) is 0 Å². The maximum Gasteiger partial charge on any atom is 0.143 e. The zero-order valence-corrected chi connectivity index (χ0v) is 10.6. The minimum atomic E-state index is 0.191. The summed E-state index contributed by atoms with van der Waals surface area (Å²) >= 11 is 0. The van der Waals surface area contributed by atoms with E-state index in [0.29, 0.717) is 19.6 Å². The fourth-order valence-electron chi connectivity index (χ4n) is 1.41.